The molecule has 1 amide bonds. The summed E-state index contributed by atoms with van der Waals surface area (Å²) < 4.78 is 0. The Labute approximate surface area is 112 Å². The molecule has 2 atom stereocenters. The summed E-state index contributed by atoms with van der Waals surface area (Å²) in [7, 11) is 0. The maximum Gasteiger partial charge on any atom is 0.223 e. The molecular formula is C14H21NO2S. The van der Waals surface area contributed by atoms with Gasteiger partial charge < -0.3 is 10.0 Å². The second-order valence-corrected chi connectivity index (χ2v) is 5.88. The Bertz CT molecular complexity index is 375. The number of aryl methyl sites for hydroxylation is 1. The normalized spacial score (nSPS) is 21.2. The summed E-state index contributed by atoms with van der Waals surface area (Å²) in [6, 6.07) is 2.33. The third-order valence-corrected chi connectivity index (χ3v) is 4.25. The minimum atomic E-state index is -0.319. The number of aliphatic hydroxyl groups excluding tert-OH is 1. The van der Waals surface area contributed by atoms with Crippen molar-refractivity contribution in [2.24, 2.45) is 0 Å². The van der Waals surface area contributed by atoms with Gasteiger partial charge in [-0.15, -0.1) is 0 Å². The van der Waals surface area contributed by atoms with Crippen LogP contribution in [0.4, 0.5) is 0 Å². The maximum atomic E-state index is 12.2. The van der Waals surface area contributed by atoms with E-state index < -0.39 is 0 Å². The zero-order valence-electron chi connectivity index (χ0n) is 10.8. The summed E-state index contributed by atoms with van der Waals surface area (Å²) in [6.07, 6.45) is 3.92. The van der Waals surface area contributed by atoms with E-state index in [-0.39, 0.29) is 18.1 Å². The predicted molar refractivity (Wildman–Crippen MR) is 73.7 cm³/mol. The number of rotatable bonds is 5. The van der Waals surface area contributed by atoms with E-state index in [1.807, 2.05) is 10.3 Å². The molecule has 0 saturated carbocycles. The zero-order valence-corrected chi connectivity index (χ0v) is 11.7. The highest BCUT2D eigenvalue weighted by Gasteiger charge is 2.28. The molecule has 1 aromatic rings. The monoisotopic (exact) mass is 267 g/mol. The highest BCUT2D eigenvalue weighted by Crippen LogP contribution is 2.22. The van der Waals surface area contributed by atoms with Gasteiger partial charge in [-0.1, -0.05) is 0 Å². The second-order valence-electron chi connectivity index (χ2n) is 5.10. The SMILES string of the molecule is CC(O)CC1CCCN1C(=O)CCc1ccsc1. The second kappa shape index (κ2) is 6.34. The van der Waals surface area contributed by atoms with Crippen LogP contribution < -0.4 is 0 Å². The number of thiophene rings is 1. The van der Waals surface area contributed by atoms with Gasteiger partial charge in [-0.25, -0.2) is 0 Å². The molecule has 0 radical (unpaired) electrons. The topological polar surface area (TPSA) is 40.5 Å². The predicted octanol–water partition coefficient (Wildman–Crippen LogP) is 2.44. The van der Waals surface area contributed by atoms with Crippen molar-refractivity contribution >= 4 is 17.2 Å². The average Bonchev–Trinajstić information content (AvgIpc) is 2.95. The first-order chi connectivity index (χ1) is 8.66. The average molecular weight is 267 g/mol. The Kier molecular flexibility index (Phi) is 4.78. The number of carbonyl (C=O) groups excluding carboxylic acids is 1. The third kappa shape index (κ3) is 3.56. The highest BCUT2D eigenvalue weighted by molar-refractivity contribution is 7.07. The lowest BCUT2D eigenvalue weighted by Gasteiger charge is -2.25. The van der Waals surface area contributed by atoms with E-state index in [0.29, 0.717) is 12.8 Å². The van der Waals surface area contributed by atoms with E-state index in [4.69, 9.17) is 0 Å². The number of likely N-dealkylation sites (tertiary alicyclic amines) is 1. The summed E-state index contributed by atoms with van der Waals surface area (Å²) in [5.41, 5.74) is 1.25. The van der Waals surface area contributed by atoms with Crippen molar-refractivity contribution in [1.29, 1.82) is 0 Å². The quantitative estimate of drug-likeness (QED) is 0.890. The van der Waals surface area contributed by atoms with Crippen LogP contribution in [0.1, 0.15) is 38.2 Å². The molecule has 0 bridgehead atoms. The molecular weight excluding hydrogens is 246 g/mol. The lowest BCUT2D eigenvalue weighted by molar-refractivity contribution is -0.132. The minimum Gasteiger partial charge on any atom is -0.393 e. The van der Waals surface area contributed by atoms with E-state index in [0.717, 1.165) is 25.8 Å². The van der Waals surface area contributed by atoms with Gasteiger partial charge in [0, 0.05) is 19.0 Å². The van der Waals surface area contributed by atoms with Gasteiger partial charge in [-0.05, 0) is 55.0 Å². The first-order valence-electron chi connectivity index (χ1n) is 6.65. The fraction of sp³-hybridized carbons (Fsp3) is 0.643. The van der Waals surface area contributed by atoms with Gasteiger partial charge in [0.25, 0.3) is 0 Å². The van der Waals surface area contributed by atoms with Gasteiger partial charge in [0.2, 0.25) is 5.91 Å². The maximum absolute atomic E-state index is 12.2. The van der Waals surface area contributed by atoms with Crippen molar-refractivity contribution in [2.45, 2.75) is 51.2 Å². The van der Waals surface area contributed by atoms with Crippen LogP contribution in [0.15, 0.2) is 16.8 Å². The lowest BCUT2D eigenvalue weighted by Crippen LogP contribution is -2.37. The molecule has 3 nitrogen and oxygen atoms in total. The van der Waals surface area contributed by atoms with Crippen LogP contribution in [0.2, 0.25) is 0 Å². The number of hydrogen-bond acceptors (Lipinski definition) is 3. The first kappa shape index (κ1) is 13.6. The van der Waals surface area contributed by atoms with Crippen LogP contribution in [0.25, 0.3) is 0 Å². The van der Waals surface area contributed by atoms with E-state index >= 15 is 0 Å². The number of aliphatic hydroxyl groups is 1. The molecule has 2 heterocycles. The molecule has 1 saturated heterocycles. The van der Waals surface area contributed by atoms with Crippen molar-refractivity contribution in [3.05, 3.63) is 22.4 Å². The van der Waals surface area contributed by atoms with E-state index in [2.05, 4.69) is 11.4 Å². The molecule has 1 aliphatic heterocycles. The Morgan fingerprint density at radius 3 is 3.17 bits per heavy atom. The molecule has 0 aliphatic carbocycles. The van der Waals surface area contributed by atoms with Crippen LogP contribution in [0, 0.1) is 0 Å². The molecule has 1 aliphatic rings. The summed E-state index contributed by atoms with van der Waals surface area (Å²) in [6.45, 7) is 2.66. The van der Waals surface area contributed by atoms with Crippen molar-refractivity contribution in [3.63, 3.8) is 0 Å². The summed E-state index contributed by atoms with van der Waals surface area (Å²) in [4.78, 5) is 14.2. The molecule has 0 aromatic carbocycles. The van der Waals surface area contributed by atoms with Crippen LogP contribution in [0.5, 0.6) is 0 Å². The molecule has 2 rings (SSSR count). The summed E-state index contributed by atoms with van der Waals surface area (Å²) >= 11 is 1.67. The summed E-state index contributed by atoms with van der Waals surface area (Å²) in [5.74, 6) is 0.240. The fourth-order valence-electron chi connectivity index (χ4n) is 2.63. The highest BCUT2D eigenvalue weighted by atomic mass is 32.1. The van der Waals surface area contributed by atoms with Crippen molar-refractivity contribution < 1.29 is 9.90 Å². The zero-order chi connectivity index (χ0) is 13.0. The lowest BCUT2D eigenvalue weighted by atomic mass is 10.1. The molecule has 1 N–H and O–H groups in total. The Hall–Kier alpha value is -0.870. The fourth-order valence-corrected chi connectivity index (χ4v) is 3.34. The van der Waals surface area contributed by atoms with Crippen LogP contribution in [-0.2, 0) is 11.2 Å². The number of carbonyl (C=O) groups is 1. The van der Waals surface area contributed by atoms with Gasteiger partial charge >= 0.3 is 0 Å². The number of nitrogens with zero attached hydrogens (tertiary/aromatic N) is 1. The van der Waals surface area contributed by atoms with E-state index in [1.54, 1.807) is 18.3 Å². The minimum absolute atomic E-state index is 0.240. The van der Waals surface area contributed by atoms with Gasteiger partial charge in [0.05, 0.1) is 6.10 Å². The largest absolute Gasteiger partial charge is 0.393 e. The van der Waals surface area contributed by atoms with E-state index in [1.165, 1.54) is 5.56 Å². The Morgan fingerprint density at radius 2 is 2.50 bits per heavy atom. The van der Waals surface area contributed by atoms with Crippen molar-refractivity contribution in [3.8, 4) is 0 Å². The first-order valence-corrected chi connectivity index (χ1v) is 7.59. The Balaban J connectivity index is 1.84. The van der Waals surface area contributed by atoms with Gasteiger partial charge in [0.15, 0.2) is 0 Å². The molecule has 0 spiro atoms. The number of amides is 1. The Morgan fingerprint density at radius 1 is 1.67 bits per heavy atom. The van der Waals surface area contributed by atoms with Crippen LogP contribution in [-0.4, -0.2) is 34.6 Å². The molecule has 4 heteroatoms. The molecule has 100 valence electrons. The van der Waals surface area contributed by atoms with E-state index in [9.17, 15) is 9.90 Å². The molecule has 1 aromatic heterocycles. The molecule has 1 fully saturated rings. The van der Waals surface area contributed by atoms with Gasteiger partial charge in [0.1, 0.15) is 0 Å². The molecule has 18 heavy (non-hydrogen) atoms. The van der Waals surface area contributed by atoms with Crippen molar-refractivity contribution in [1.82, 2.24) is 4.90 Å². The van der Waals surface area contributed by atoms with Crippen LogP contribution in [0.3, 0.4) is 0 Å². The van der Waals surface area contributed by atoms with Gasteiger partial charge in [-0.3, -0.25) is 4.79 Å². The van der Waals surface area contributed by atoms with Crippen LogP contribution >= 0.6 is 11.3 Å². The number of hydrogen-bond donors (Lipinski definition) is 1. The molecule has 2 unspecified atom stereocenters. The van der Waals surface area contributed by atoms with Gasteiger partial charge in [-0.2, -0.15) is 11.3 Å². The third-order valence-electron chi connectivity index (χ3n) is 3.52. The van der Waals surface area contributed by atoms with Crippen molar-refractivity contribution in [2.75, 3.05) is 6.54 Å². The smallest absolute Gasteiger partial charge is 0.223 e. The standard InChI is InChI=1S/C14H21NO2S/c1-11(16)9-13-3-2-7-15(13)14(17)5-4-12-6-8-18-10-12/h6,8,10-11,13,16H,2-5,7,9H2,1H3. The summed E-state index contributed by atoms with van der Waals surface area (Å²) in [5, 5.41) is 13.6.